The Bertz CT molecular complexity index is 2970. The number of carbonyl (C=O) groups excluding carboxylic acids is 2. The zero-order valence-electron chi connectivity index (χ0n) is 36.8. The number of aliphatic imine (C=N–C) groups is 1. The van der Waals surface area contributed by atoms with Crippen LogP contribution in [0.2, 0.25) is 20.1 Å². The minimum atomic E-state index is -5.04. The smallest absolute Gasteiger partial charge is 0.295 e. The molecule has 1 heterocycles. The molecular weight excluding hydrogens is 1000 g/mol. The molecule has 5 aromatic rings. The summed E-state index contributed by atoms with van der Waals surface area (Å²) in [6.07, 6.45) is 10.6. The molecule has 6 rings (SSSR count). The normalized spacial score (nSPS) is 15.4. The molecule has 0 aromatic heterocycles. The van der Waals surface area contributed by atoms with Crippen molar-refractivity contribution in [1.29, 1.82) is 0 Å². The first-order chi connectivity index (χ1) is 32.2. The van der Waals surface area contributed by atoms with Crippen LogP contribution < -0.4 is 20.5 Å². The van der Waals surface area contributed by atoms with Gasteiger partial charge in [-0.15, -0.1) is 0 Å². The van der Waals surface area contributed by atoms with E-state index in [4.69, 9.17) is 51.1 Å². The van der Waals surface area contributed by atoms with E-state index in [-0.39, 0.29) is 65.2 Å². The Hall–Kier alpha value is -5.05. The van der Waals surface area contributed by atoms with Gasteiger partial charge in [-0.25, -0.2) is 10.0 Å². The van der Waals surface area contributed by atoms with Crippen molar-refractivity contribution in [3.05, 3.63) is 105 Å². The number of nitrogens with zero attached hydrogens (tertiary/aromatic N) is 4. The van der Waals surface area contributed by atoms with Crippen LogP contribution in [0, 0.1) is 6.92 Å². The highest BCUT2D eigenvalue weighted by Gasteiger charge is 2.41. The van der Waals surface area contributed by atoms with E-state index in [1.54, 1.807) is 25.1 Å². The lowest BCUT2D eigenvalue weighted by Crippen LogP contribution is -2.36. The van der Waals surface area contributed by atoms with E-state index >= 15 is 0 Å². The second kappa shape index (κ2) is 23.0. The standard InChI is InChI=1S/C46H48Cl4N6O10S2/c1-3-4-5-6-7-8-9-10-11-12-13-40(66-32-17-19-39(57)27(2)20-32)45(58)51-30-16-18-35(48)38(25-30)52-44-42(46(59)56(55-44)43-36(49)22-29(47)23-37(43)50)54-53-31-15-14-28-21-33(67(60,61)62)26-41(34(28)24-31)68(63,64)65/h14-26,40,42,57H,3-13H2,1-2H3,(H,51,58)(H,52,55)(H,60,61,62)(H,63,64,65). The quantitative estimate of drug-likeness (QED) is 0.0263. The van der Waals surface area contributed by atoms with Gasteiger partial charge in [-0.2, -0.15) is 27.1 Å². The Morgan fingerprint density at radius 3 is 2.10 bits per heavy atom. The third kappa shape index (κ3) is 13.6. The number of aryl methyl sites for hydroxylation is 1. The minimum Gasteiger partial charge on any atom is -0.508 e. The predicted molar refractivity (Wildman–Crippen MR) is 265 cm³/mol. The van der Waals surface area contributed by atoms with Gasteiger partial charge in [0.1, 0.15) is 22.1 Å². The van der Waals surface area contributed by atoms with Gasteiger partial charge >= 0.3 is 0 Å². The van der Waals surface area contributed by atoms with E-state index in [0.29, 0.717) is 23.8 Å². The highest BCUT2D eigenvalue weighted by atomic mass is 35.5. The van der Waals surface area contributed by atoms with E-state index in [9.17, 15) is 40.6 Å². The lowest BCUT2D eigenvalue weighted by atomic mass is 10.0. The van der Waals surface area contributed by atoms with Gasteiger partial charge in [0.2, 0.25) is 6.04 Å². The molecule has 0 aliphatic carbocycles. The zero-order valence-corrected chi connectivity index (χ0v) is 41.4. The summed E-state index contributed by atoms with van der Waals surface area (Å²) in [6.45, 7) is 3.93. The monoisotopic (exact) mass is 1050 g/mol. The first kappa shape index (κ1) is 52.3. The second-order valence-electron chi connectivity index (χ2n) is 16.1. The molecule has 0 spiro atoms. The van der Waals surface area contributed by atoms with Crippen molar-refractivity contribution in [3.63, 3.8) is 0 Å². The summed E-state index contributed by atoms with van der Waals surface area (Å²) in [5, 5.41) is 22.5. The Labute approximate surface area is 414 Å². The van der Waals surface area contributed by atoms with Gasteiger partial charge in [0.05, 0.1) is 31.3 Å². The van der Waals surface area contributed by atoms with Gasteiger partial charge < -0.3 is 15.2 Å². The Kier molecular flexibility index (Phi) is 17.7. The molecule has 1 aliphatic rings. The van der Waals surface area contributed by atoms with Gasteiger partial charge in [0, 0.05) is 16.1 Å². The predicted octanol–water partition coefficient (Wildman–Crippen LogP) is 12.4. The Balaban J connectivity index is 1.29. The molecule has 5 aromatic carbocycles. The molecule has 5 N–H and O–H groups in total. The number of phenols is 1. The van der Waals surface area contributed by atoms with Crippen molar-refractivity contribution in [2.45, 2.75) is 106 Å². The van der Waals surface area contributed by atoms with Gasteiger partial charge in [-0.1, -0.05) is 117 Å². The van der Waals surface area contributed by atoms with E-state index in [2.05, 4.69) is 32.9 Å². The van der Waals surface area contributed by atoms with Crippen LogP contribution in [0.25, 0.3) is 10.8 Å². The molecule has 68 heavy (non-hydrogen) atoms. The number of ether oxygens (including phenoxy) is 1. The number of amidine groups is 1. The zero-order chi connectivity index (χ0) is 49.3. The summed E-state index contributed by atoms with van der Waals surface area (Å²) in [5.74, 6) is -0.878. The van der Waals surface area contributed by atoms with Crippen LogP contribution in [0.3, 0.4) is 0 Å². The number of nitrogens with one attached hydrogen (secondary N) is 2. The molecule has 1 aliphatic heterocycles. The first-order valence-electron chi connectivity index (χ1n) is 21.6. The Morgan fingerprint density at radius 1 is 0.809 bits per heavy atom. The fraction of sp³-hybridized carbons (Fsp3) is 0.326. The highest BCUT2D eigenvalue weighted by Crippen LogP contribution is 2.39. The number of anilines is 2. The van der Waals surface area contributed by atoms with Crippen molar-refractivity contribution in [3.8, 4) is 11.5 Å². The van der Waals surface area contributed by atoms with Gasteiger partial charge in [-0.05, 0) is 104 Å². The molecule has 2 unspecified atom stereocenters. The first-order valence-corrected chi connectivity index (χ1v) is 26.0. The molecule has 2 amide bonds. The number of fused-ring (bicyclic) bond motifs is 1. The molecule has 16 nitrogen and oxygen atoms in total. The average molecular weight is 1050 g/mol. The van der Waals surface area contributed by atoms with E-state index in [0.717, 1.165) is 36.8 Å². The number of azo groups is 1. The SMILES string of the molecule is CCCCCCCCCCCCC(Oc1ccc(O)c(C)c1)C(=O)Nc1ccc(Cl)c(N=C2NN(c3c(Cl)cc(Cl)cc3Cl)C(=O)C2N=Nc2ccc3cc(S(=O)(=O)O)cc(S(=O)(=O)O)c3c2)c1. The van der Waals surface area contributed by atoms with Crippen molar-refractivity contribution >= 4 is 118 Å². The molecule has 22 heteroatoms. The number of hydrazine groups is 1. The molecule has 362 valence electrons. The maximum absolute atomic E-state index is 14.2. The lowest BCUT2D eigenvalue weighted by molar-refractivity contribution is -0.123. The topological polar surface area (TPSA) is 237 Å². The fourth-order valence-corrected chi connectivity index (χ4v) is 9.86. The van der Waals surface area contributed by atoms with Crippen LogP contribution in [0.1, 0.15) is 83.1 Å². The number of halogens is 4. The van der Waals surface area contributed by atoms with Crippen LogP contribution in [-0.2, 0) is 29.8 Å². The highest BCUT2D eigenvalue weighted by molar-refractivity contribution is 7.86. The van der Waals surface area contributed by atoms with Crippen LogP contribution in [0.15, 0.2) is 104 Å². The van der Waals surface area contributed by atoms with Crippen molar-refractivity contribution < 1.29 is 45.4 Å². The summed E-state index contributed by atoms with van der Waals surface area (Å²) in [7, 11) is -9.91. The number of carbonyl (C=O) groups is 2. The summed E-state index contributed by atoms with van der Waals surface area (Å²) in [6, 6.07) is 15.8. The van der Waals surface area contributed by atoms with Crippen LogP contribution in [0.4, 0.5) is 22.7 Å². The van der Waals surface area contributed by atoms with Crippen molar-refractivity contribution in [2.75, 3.05) is 10.3 Å². The molecule has 1 saturated heterocycles. The number of hydrogen-bond acceptors (Lipinski definition) is 11. The van der Waals surface area contributed by atoms with Gasteiger partial charge in [0.25, 0.3) is 32.1 Å². The fourth-order valence-electron chi connectivity index (χ4n) is 7.36. The van der Waals surface area contributed by atoms with Crippen molar-refractivity contribution in [1.82, 2.24) is 5.43 Å². The van der Waals surface area contributed by atoms with Gasteiger partial charge in [-0.3, -0.25) is 24.1 Å². The molecule has 1 fully saturated rings. The molecule has 0 bridgehead atoms. The summed E-state index contributed by atoms with van der Waals surface area (Å²) in [4.78, 5) is 31.2. The summed E-state index contributed by atoms with van der Waals surface area (Å²) in [5.41, 5.74) is 3.75. The number of benzene rings is 5. The number of hydrogen-bond donors (Lipinski definition) is 5. The van der Waals surface area contributed by atoms with Crippen LogP contribution in [-0.4, -0.2) is 60.8 Å². The maximum Gasteiger partial charge on any atom is 0.295 e. The summed E-state index contributed by atoms with van der Waals surface area (Å²) >= 11 is 25.9. The second-order valence-corrected chi connectivity index (χ2v) is 20.5. The third-order valence-corrected chi connectivity index (χ3v) is 13.7. The number of rotatable bonds is 21. The average Bonchev–Trinajstić information content (AvgIpc) is 3.56. The molecule has 0 radical (unpaired) electrons. The third-order valence-electron chi connectivity index (χ3n) is 10.9. The van der Waals surface area contributed by atoms with E-state index in [1.165, 1.54) is 87.1 Å². The van der Waals surface area contributed by atoms with Crippen LogP contribution >= 0.6 is 46.4 Å². The number of amides is 2. The molecular formula is C46H48Cl4N6O10S2. The molecule has 2 atom stereocenters. The largest absolute Gasteiger partial charge is 0.508 e. The van der Waals surface area contributed by atoms with Crippen molar-refractivity contribution in [2.24, 2.45) is 15.2 Å². The number of phenolic OH excluding ortho intramolecular Hbond substituents is 1. The molecule has 0 saturated carbocycles. The maximum atomic E-state index is 14.2. The number of unbranched alkanes of at least 4 members (excludes halogenated alkanes) is 9. The number of aromatic hydroxyl groups is 1. The Morgan fingerprint density at radius 2 is 1.47 bits per heavy atom. The van der Waals surface area contributed by atoms with Crippen LogP contribution in [0.5, 0.6) is 11.5 Å². The lowest BCUT2D eigenvalue weighted by Gasteiger charge is -2.20. The summed E-state index contributed by atoms with van der Waals surface area (Å²) < 4.78 is 74.2. The van der Waals surface area contributed by atoms with Gasteiger partial charge in [0.15, 0.2) is 11.9 Å². The van der Waals surface area contributed by atoms with E-state index < -0.39 is 54.0 Å². The van der Waals surface area contributed by atoms with E-state index in [1.807, 2.05) is 0 Å². The minimum absolute atomic E-state index is 0.000454.